The molecule has 0 heterocycles. The van der Waals surface area contributed by atoms with Crippen molar-refractivity contribution in [3.05, 3.63) is 0 Å². The van der Waals surface area contributed by atoms with E-state index in [0.717, 1.165) is 18.6 Å². The first-order valence-corrected chi connectivity index (χ1v) is 11.1. The Morgan fingerprint density at radius 1 is 0.963 bits per heavy atom. The highest BCUT2D eigenvalue weighted by Gasteiger charge is 2.17. The van der Waals surface area contributed by atoms with Crippen molar-refractivity contribution in [2.75, 3.05) is 18.6 Å². The maximum absolute atomic E-state index is 10.2. The van der Waals surface area contributed by atoms with Crippen molar-refractivity contribution in [3.8, 4) is 0 Å². The minimum absolute atomic E-state index is 0.0718. The van der Waals surface area contributed by atoms with Gasteiger partial charge < -0.3 is 26.8 Å². The molecule has 0 aromatic rings. The molecule has 164 valence electrons. The fourth-order valence-corrected chi connectivity index (χ4v) is 2.25. The van der Waals surface area contributed by atoms with Gasteiger partial charge in [-0.25, -0.2) is 0 Å². The molecule has 0 saturated carbocycles. The fraction of sp³-hybridized carbons (Fsp3) is 0.895. The van der Waals surface area contributed by atoms with E-state index in [1.54, 1.807) is 11.8 Å². The van der Waals surface area contributed by atoms with Crippen LogP contribution in [0.15, 0.2) is 0 Å². The normalized spacial score (nSPS) is 13.3. The summed E-state index contributed by atoms with van der Waals surface area (Å²) in [6.45, 7) is 6.34. The van der Waals surface area contributed by atoms with Crippen molar-refractivity contribution in [2.24, 2.45) is 17.4 Å². The van der Waals surface area contributed by atoms with Crippen molar-refractivity contribution in [3.63, 3.8) is 0 Å². The molecule has 8 heteroatoms. The molecule has 0 spiro atoms. The number of aliphatic hydroxyl groups is 1. The molecule has 0 aliphatic rings. The largest absolute Gasteiger partial charge is 0.480 e. The molecule has 3 atom stereocenters. The van der Waals surface area contributed by atoms with Crippen molar-refractivity contribution in [2.45, 2.75) is 84.2 Å². The van der Waals surface area contributed by atoms with Crippen LogP contribution in [0.5, 0.6) is 0 Å². The third kappa shape index (κ3) is 25.2. The Morgan fingerprint density at radius 3 is 1.81 bits per heavy atom. The number of thioether (sulfide) groups is 1. The van der Waals surface area contributed by atoms with Gasteiger partial charge in [-0.2, -0.15) is 11.8 Å². The highest BCUT2D eigenvalue weighted by Crippen LogP contribution is 2.04. The first kappa shape index (κ1) is 30.9. The lowest BCUT2D eigenvalue weighted by molar-refractivity contribution is -0.140. The minimum atomic E-state index is -0.913. The zero-order chi connectivity index (χ0) is 21.7. The van der Waals surface area contributed by atoms with Gasteiger partial charge in [0.15, 0.2) is 0 Å². The Balaban J connectivity index is -0.000000320. The van der Waals surface area contributed by atoms with Crippen LogP contribution in [0, 0.1) is 5.92 Å². The molecule has 0 aliphatic carbocycles. The Labute approximate surface area is 169 Å². The van der Waals surface area contributed by atoms with Gasteiger partial charge in [-0.05, 0) is 30.8 Å². The van der Waals surface area contributed by atoms with E-state index in [4.69, 9.17) is 26.8 Å². The average Bonchev–Trinajstić information content (AvgIpc) is 2.65. The molecule has 0 radical (unpaired) electrons. The zero-order valence-corrected chi connectivity index (χ0v) is 18.3. The van der Waals surface area contributed by atoms with E-state index in [-0.39, 0.29) is 5.92 Å². The second-order valence-electron chi connectivity index (χ2n) is 6.47. The molecule has 0 aliphatic heterocycles. The highest BCUT2D eigenvalue weighted by molar-refractivity contribution is 7.98. The topological polar surface area (TPSA) is 147 Å². The Kier molecular flexibility index (Phi) is 26.5. The number of rotatable bonds is 13. The smallest absolute Gasteiger partial charge is 0.320 e. The molecular formula is C19H42N2O5S. The van der Waals surface area contributed by atoms with Gasteiger partial charge in [0.05, 0.1) is 0 Å². The van der Waals surface area contributed by atoms with E-state index in [9.17, 15) is 9.59 Å². The van der Waals surface area contributed by atoms with E-state index in [1.807, 2.05) is 20.1 Å². The van der Waals surface area contributed by atoms with Crippen LogP contribution in [0.3, 0.4) is 0 Å². The summed E-state index contributed by atoms with van der Waals surface area (Å²) < 4.78 is 0. The first-order chi connectivity index (χ1) is 12.7. The van der Waals surface area contributed by atoms with Crippen molar-refractivity contribution in [1.29, 1.82) is 0 Å². The zero-order valence-electron chi connectivity index (χ0n) is 17.5. The highest BCUT2D eigenvalue weighted by atomic mass is 32.2. The molecule has 0 saturated heterocycles. The van der Waals surface area contributed by atoms with E-state index in [2.05, 4.69) is 6.92 Å². The van der Waals surface area contributed by atoms with Gasteiger partial charge in [-0.1, -0.05) is 59.3 Å². The lowest BCUT2D eigenvalue weighted by atomic mass is 10.0. The third-order valence-electron chi connectivity index (χ3n) is 4.00. The lowest BCUT2D eigenvalue weighted by Crippen LogP contribution is -2.36. The molecule has 7 nitrogen and oxygen atoms in total. The van der Waals surface area contributed by atoms with E-state index in [1.165, 1.54) is 32.1 Å². The minimum Gasteiger partial charge on any atom is -0.480 e. The predicted molar refractivity (Wildman–Crippen MR) is 114 cm³/mol. The van der Waals surface area contributed by atoms with Crippen LogP contribution in [0.25, 0.3) is 0 Å². The molecule has 0 bridgehead atoms. The maximum atomic E-state index is 10.2. The number of nitrogens with two attached hydrogens (primary N) is 2. The van der Waals surface area contributed by atoms with Gasteiger partial charge in [0.25, 0.3) is 0 Å². The summed E-state index contributed by atoms with van der Waals surface area (Å²) in [6, 6.07) is -1.38. The summed E-state index contributed by atoms with van der Waals surface area (Å²) in [7, 11) is 0. The summed E-state index contributed by atoms with van der Waals surface area (Å²) in [4.78, 5) is 20.2. The van der Waals surface area contributed by atoms with Crippen LogP contribution in [0.2, 0.25) is 0 Å². The summed E-state index contributed by atoms with van der Waals surface area (Å²) in [5, 5.41) is 25.1. The molecule has 0 rings (SSSR count). The van der Waals surface area contributed by atoms with Crippen LogP contribution in [-0.2, 0) is 9.59 Å². The van der Waals surface area contributed by atoms with Crippen molar-refractivity contribution >= 4 is 23.7 Å². The molecule has 0 fully saturated rings. The lowest BCUT2D eigenvalue weighted by Gasteiger charge is -2.11. The van der Waals surface area contributed by atoms with Gasteiger partial charge in [0.1, 0.15) is 12.1 Å². The number of carbonyl (C=O) groups is 2. The SMILES string of the molecule is CCC(C)C(N)C(=O)O.CCCCCCCCO.CSCCC(N)C(=O)O. The monoisotopic (exact) mass is 410 g/mol. The van der Waals surface area contributed by atoms with Crippen LogP contribution in [0.1, 0.15) is 72.1 Å². The van der Waals surface area contributed by atoms with Crippen LogP contribution in [-0.4, -0.2) is 58.0 Å². The summed E-state index contributed by atoms with van der Waals surface area (Å²) in [6.07, 6.45) is 10.8. The number of aliphatic hydroxyl groups excluding tert-OH is 1. The van der Waals surface area contributed by atoms with Gasteiger partial charge in [-0.15, -0.1) is 0 Å². The number of carboxylic acids is 2. The Hall–Kier alpha value is -0.830. The van der Waals surface area contributed by atoms with Crippen molar-refractivity contribution < 1.29 is 24.9 Å². The second-order valence-corrected chi connectivity index (χ2v) is 7.45. The van der Waals surface area contributed by atoms with Gasteiger partial charge in [0, 0.05) is 6.61 Å². The fourth-order valence-electron chi connectivity index (χ4n) is 1.76. The molecule has 0 aromatic heterocycles. The maximum Gasteiger partial charge on any atom is 0.320 e. The van der Waals surface area contributed by atoms with Gasteiger partial charge in [-0.3, -0.25) is 9.59 Å². The summed E-state index contributed by atoms with van der Waals surface area (Å²) >= 11 is 1.60. The number of hydrogen-bond donors (Lipinski definition) is 5. The predicted octanol–water partition coefficient (Wildman–Crippen LogP) is 2.94. The standard InChI is InChI=1S/C8H18O.C6H13NO2.C5H11NO2S/c1-2-3-4-5-6-7-8-9;1-3-4(2)5(7)6(8)9;1-9-3-2-4(6)5(7)8/h9H,2-8H2,1H3;4-5H,3,7H2,1-2H3,(H,8,9);4H,2-3,6H2,1H3,(H,7,8). The quantitative estimate of drug-likeness (QED) is 0.291. The Bertz CT molecular complexity index is 340. The van der Waals surface area contributed by atoms with Crippen LogP contribution < -0.4 is 11.5 Å². The van der Waals surface area contributed by atoms with E-state index >= 15 is 0 Å². The molecule has 3 unspecified atom stereocenters. The van der Waals surface area contributed by atoms with Gasteiger partial charge in [0.2, 0.25) is 0 Å². The second kappa shape index (κ2) is 23.2. The molecule has 27 heavy (non-hydrogen) atoms. The van der Waals surface area contributed by atoms with E-state index in [0.29, 0.717) is 13.0 Å². The summed E-state index contributed by atoms with van der Waals surface area (Å²) in [5.41, 5.74) is 10.5. The van der Waals surface area contributed by atoms with E-state index < -0.39 is 24.0 Å². The number of carboxylic acid groups (broad SMARTS) is 2. The van der Waals surface area contributed by atoms with Crippen LogP contribution in [0.4, 0.5) is 0 Å². The molecule has 7 N–H and O–H groups in total. The Morgan fingerprint density at radius 2 is 1.48 bits per heavy atom. The van der Waals surface area contributed by atoms with Crippen molar-refractivity contribution in [1.82, 2.24) is 0 Å². The third-order valence-corrected chi connectivity index (χ3v) is 4.65. The number of hydrogen-bond acceptors (Lipinski definition) is 6. The van der Waals surface area contributed by atoms with Gasteiger partial charge >= 0.3 is 11.9 Å². The van der Waals surface area contributed by atoms with Crippen LogP contribution >= 0.6 is 11.8 Å². The summed E-state index contributed by atoms with van der Waals surface area (Å²) in [5.74, 6) is -0.941. The number of unbranched alkanes of at least 4 members (excludes halogenated alkanes) is 5. The molecular weight excluding hydrogens is 368 g/mol. The number of aliphatic carboxylic acids is 2. The molecule has 0 aromatic carbocycles. The average molecular weight is 411 g/mol. The molecule has 0 amide bonds. The first-order valence-electron chi connectivity index (χ1n) is 9.75.